The normalized spacial score (nSPS) is 11.1. The number of aromatic carboxylic acids is 1. The second-order valence-electron chi connectivity index (χ2n) is 5.62. The van der Waals surface area contributed by atoms with E-state index in [-0.39, 0.29) is 5.69 Å². The lowest BCUT2D eigenvalue weighted by molar-refractivity contribution is 0.0690. The van der Waals surface area contributed by atoms with Crippen molar-refractivity contribution >= 4 is 18.1 Å². The Morgan fingerprint density at radius 3 is 2.46 bits per heavy atom. The number of carboxylic acids is 1. The van der Waals surface area contributed by atoms with Gasteiger partial charge < -0.3 is 5.11 Å². The Balaban J connectivity index is 2.06. The summed E-state index contributed by atoms with van der Waals surface area (Å²) in [7, 11) is 0. The molecular weight excluding hydrogens is 302 g/mol. The summed E-state index contributed by atoms with van der Waals surface area (Å²) >= 11 is 0. The van der Waals surface area contributed by atoms with E-state index in [4.69, 9.17) is 0 Å². The molecule has 0 radical (unpaired) electrons. The Hall–Kier alpha value is -3.21. The SMILES string of the molecule is Cc1ccc(/C=C/c2c(C(=O)O)nnn2-c2cccc(C)c2)cc1. The number of carboxylic acid groups (broad SMARTS) is 1. The minimum Gasteiger partial charge on any atom is -0.476 e. The van der Waals surface area contributed by atoms with E-state index in [0.29, 0.717) is 5.69 Å². The van der Waals surface area contributed by atoms with Crippen molar-refractivity contribution in [1.29, 1.82) is 0 Å². The quantitative estimate of drug-likeness (QED) is 0.795. The summed E-state index contributed by atoms with van der Waals surface area (Å²) in [6, 6.07) is 15.7. The van der Waals surface area contributed by atoms with Crippen LogP contribution in [-0.2, 0) is 0 Å². The lowest BCUT2D eigenvalue weighted by Crippen LogP contribution is -2.03. The largest absolute Gasteiger partial charge is 0.476 e. The average molecular weight is 319 g/mol. The molecule has 3 aromatic rings. The van der Waals surface area contributed by atoms with Crippen LogP contribution in [0.4, 0.5) is 0 Å². The molecule has 1 N–H and O–H groups in total. The van der Waals surface area contributed by atoms with E-state index in [0.717, 1.165) is 16.8 Å². The van der Waals surface area contributed by atoms with Crippen molar-refractivity contribution in [3.05, 3.63) is 76.6 Å². The van der Waals surface area contributed by atoms with Gasteiger partial charge in [-0.2, -0.15) is 0 Å². The predicted molar refractivity (Wildman–Crippen MR) is 93.2 cm³/mol. The van der Waals surface area contributed by atoms with Crippen molar-refractivity contribution in [2.75, 3.05) is 0 Å². The number of hydrogen-bond donors (Lipinski definition) is 1. The first-order chi connectivity index (χ1) is 11.5. The molecule has 3 rings (SSSR count). The van der Waals surface area contributed by atoms with Crippen molar-refractivity contribution in [3.8, 4) is 5.69 Å². The number of rotatable bonds is 4. The van der Waals surface area contributed by atoms with Gasteiger partial charge in [-0.05, 0) is 43.2 Å². The Labute approximate surface area is 139 Å². The van der Waals surface area contributed by atoms with E-state index >= 15 is 0 Å². The molecule has 5 nitrogen and oxygen atoms in total. The molecule has 0 aliphatic carbocycles. The zero-order valence-electron chi connectivity index (χ0n) is 13.5. The van der Waals surface area contributed by atoms with Gasteiger partial charge in [-0.15, -0.1) is 5.10 Å². The first-order valence-corrected chi connectivity index (χ1v) is 7.55. The first-order valence-electron chi connectivity index (χ1n) is 7.55. The van der Waals surface area contributed by atoms with Crippen molar-refractivity contribution in [2.24, 2.45) is 0 Å². The zero-order valence-corrected chi connectivity index (χ0v) is 13.5. The number of nitrogens with zero attached hydrogens (tertiary/aromatic N) is 3. The molecule has 0 aliphatic rings. The molecule has 24 heavy (non-hydrogen) atoms. The highest BCUT2D eigenvalue weighted by Gasteiger charge is 2.17. The first kappa shape index (κ1) is 15.7. The van der Waals surface area contributed by atoms with Gasteiger partial charge in [-0.3, -0.25) is 0 Å². The monoisotopic (exact) mass is 319 g/mol. The van der Waals surface area contributed by atoms with Gasteiger partial charge in [-0.25, -0.2) is 9.48 Å². The van der Waals surface area contributed by atoms with Crippen LogP contribution < -0.4 is 0 Å². The van der Waals surface area contributed by atoms with Gasteiger partial charge in [0.15, 0.2) is 5.69 Å². The van der Waals surface area contributed by atoms with Crippen LogP contribution in [0, 0.1) is 13.8 Å². The molecule has 2 aromatic carbocycles. The lowest BCUT2D eigenvalue weighted by atomic mass is 10.1. The summed E-state index contributed by atoms with van der Waals surface area (Å²) in [5.41, 5.74) is 4.36. The summed E-state index contributed by atoms with van der Waals surface area (Å²) in [4.78, 5) is 11.4. The standard InChI is InChI=1S/C19H17N3O2/c1-13-6-8-15(9-7-13)10-11-17-18(19(23)24)20-21-22(17)16-5-3-4-14(2)12-16/h3-12H,1-2H3,(H,23,24)/b11-10+. The Kier molecular flexibility index (Phi) is 4.24. The number of aryl methyl sites for hydroxylation is 2. The smallest absolute Gasteiger partial charge is 0.358 e. The van der Waals surface area contributed by atoms with Crippen LogP contribution in [0.2, 0.25) is 0 Å². The Bertz CT molecular complexity index is 909. The van der Waals surface area contributed by atoms with Crippen LogP contribution in [0.5, 0.6) is 0 Å². The van der Waals surface area contributed by atoms with Crippen LogP contribution in [0.25, 0.3) is 17.8 Å². The maximum atomic E-state index is 11.4. The fourth-order valence-electron chi connectivity index (χ4n) is 2.39. The van der Waals surface area contributed by atoms with Crippen molar-refractivity contribution < 1.29 is 9.90 Å². The van der Waals surface area contributed by atoms with Gasteiger partial charge in [0.25, 0.3) is 0 Å². The molecule has 0 aliphatic heterocycles. The highest BCUT2D eigenvalue weighted by atomic mass is 16.4. The number of carbonyl (C=O) groups is 1. The number of hydrogen-bond acceptors (Lipinski definition) is 3. The van der Waals surface area contributed by atoms with Crippen LogP contribution in [0.1, 0.15) is 32.9 Å². The van der Waals surface area contributed by atoms with Crippen LogP contribution in [-0.4, -0.2) is 26.1 Å². The van der Waals surface area contributed by atoms with Gasteiger partial charge in [0.05, 0.1) is 5.69 Å². The predicted octanol–water partition coefficient (Wildman–Crippen LogP) is 3.75. The van der Waals surface area contributed by atoms with Gasteiger partial charge in [-0.1, -0.05) is 53.3 Å². The van der Waals surface area contributed by atoms with Gasteiger partial charge in [0.1, 0.15) is 5.69 Å². The molecule has 120 valence electrons. The topological polar surface area (TPSA) is 68.0 Å². The Morgan fingerprint density at radius 2 is 1.79 bits per heavy atom. The van der Waals surface area contributed by atoms with Gasteiger partial charge in [0, 0.05) is 0 Å². The molecule has 1 aromatic heterocycles. The zero-order chi connectivity index (χ0) is 17.1. The van der Waals surface area contributed by atoms with Gasteiger partial charge >= 0.3 is 5.97 Å². The Morgan fingerprint density at radius 1 is 1.04 bits per heavy atom. The van der Waals surface area contributed by atoms with E-state index in [1.807, 2.05) is 68.5 Å². The number of aromatic nitrogens is 3. The molecule has 0 amide bonds. The minimum atomic E-state index is -1.10. The van der Waals surface area contributed by atoms with Crippen LogP contribution in [0.15, 0.2) is 48.5 Å². The van der Waals surface area contributed by atoms with Crippen molar-refractivity contribution in [1.82, 2.24) is 15.0 Å². The third kappa shape index (κ3) is 3.25. The third-order valence-corrected chi connectivity index (χ3v) is 3.66. The fourth-order valence-corrected chi connectivity index (χ4v) is 2.39. The van der Waals surface area contributed by atoms with Crippen LogP contribution >= 0.6 is 0 Å². The molecule has 0 unspecified atom stereocenters. The highest BCUT2D eigenvalue weighted by Crippen LogP contribution is 2.17. The molecule has 0 saturated carbocycles. The van der Waals surface area contributed by atoms with E-state index in [9.17, 15) is 9.90 Å². The minimum absolute atomic E-state index is 0.0696. The molecule has 0 saturated heterocycles. The molecule has 5 heteroatoms. The van der Waals surface area contributed by atoms with Crippen molar-refractivity contribution in [3.63, 3.8) is 0 Å². The van der Waals surface area contributed by atoms with Crippen LogP contribution in [0.3, 0.4) is 0 Å². The molecular formula is C19H17N3O2. The molecule has 0 bridgehead atoms. The summed E-state index contributed by atoms with van der Waals surface area (Å²) in [5, 5.41) is 17.2. The van der Waals surface area contributed by atoms with E-state index in [2.05, 4.69) is 10.3 Å². The average Bonchev–Trinajstić information content (AvgIpc) is 2.98. The van der Waals surface area contributed by atoms with E-state index in [1.54, 1.807) is 10.8 Å². The third-order valence-electron chi connectivity index (χ3n) is 3.66. The van der Waals surface area contributed by atoms with Gasteiger partial charge in [0.2, 0.25) is 0 Å². The number of benzene rings is 2. The summed E-state index contributed by atoms with van der Waals surface area (Å²) < 4.78 is 1.54. The second-order valence-corrected chi connectivity index (χ2v) is 5.62. The second kappa shape index (κ2) is 6.50. The highest BCUT2D eigenvalue weighted by molar-refractivity contribution is 5.90. The summed E-state index contributed by atoms with van der Waals surface area (Å²) in [6.45, 7) is 3.99. The maximum Gasteiger partial charge on any atom is 0.358 e. The lowest BCUT2D eigenvalue weighted by Gasteiger charge is -2.05. The molecule has 0 spiro atoms. The molecule has 0 atom stereocenters. The molecule has 0 fully saturated rings. The summed E-state index contributed by atoms with van der Waals surface area (Å²) in [5.74, 6) is -1.10. The molecule has 1 heterocycles. The van der Waals surface area contributed by atoms with Crippen molar-refractivity contribution in [2.45, 2.75) is 13.8 Å². The van der Waals surface area contributed by atoms with E-state index < -0.39 is 5.97 Å². The van der Waals surface area contributed by atoms with E-state index in [1.165, 1.54) is 5.56 Å². The maximum absolute atomic E-state index is 11.4. The summed E-state index contributed by atoms with van der Waals surface area (Å²) in [6.07, 6.45) is 3.59. The fraction of sp³-hybridized carbons (Fsp3) is 0.105.